The molecule has 2 rings (SSSR count). The first kappa shape index (κ1) is 29.8. The maximum atomic E-state index is 13.3. The second kappa shape index (κ2) is 15.0. The third kappa shape index (κ3) is 9.19. The Kier molecular flexibility index (Phi) is 12.1. The number of ether oxygens (including phenoxy) is 1. The lowest BCUT2D eigenvalue weighted by atomic mass is 9.97. The zero-order chi connectivity index (χ0) is 27.4. The van der Waals surface area contributed by atoms with E-state index in [9.17, 15) is 19.2 Å². The fourth-order valence-corrected chi connectivity index (χ4v) is 4.26. The molecular formula is C29H41N3O5. The lowest BCUT2D eigenvalue weighted by Gasteiger charge is -2.28. The van der Waals surface area contributed by atoms with Crippen molar-refractivity contribution in [2.75, 3.05) is 13.2 Å². The minimum absolute atomic E-state index is 0.0536. The Morgan fingerprint density at radius 2 is 1.84 bits per heavy atom. The molecule has 2 N–H and O–H groups in total. The molecule has 1 aliphatic heterocycles. The summed E-state index contributed by atoms with van der Waals surface area (Å²) in [5.41, 5.74) is 0.896. The van der Waals surface area contributed by atoms with Crippen molar-refractivity contribution in [3.8, 4) is 0 Å². The van der Waals surface area contributed by atoms with Crippen LogP contribution in [0.3, 0.4) is 0 Å². The summed E-state index contributed by atoms with van der Waals surface area (Å²) >= 11 is 0. The van der Waals surface area contributed by atoms with Crippen molar-refractivity contribution in [3.63, 3.8) is 0 Å². The molecule has 1 aromatic carbocycles. The molecule has 0 spiro atoms. The number of hydrogen-bond donors (Lipinski definition) is 2. The molecule has 1 heterocycles. The van der Waals surface area contributed by atoms with E-state index in [1.54, 1.807) is 11.0 Å². The number of carbonyl (C=O) groups is 4. The Morgan fingerprint density at radius 3 is 2.46 bits per heavy atom. The highest BCUT2D eigenvalue weighted by Gasteiger charge is 2.36. The van der Waals surface area contributed by atoms with Crippen molar-refractivity contribution in [2.24, 2.45) is 11.8 Å². The van der Waals surface area contributed by atoms with E-state index in [1.165, 1.54) is 12.2 Å². The highest BCUT2D eigenvalue weighted by molar-refractivity contribution is 5.97. The molecule has 37 heavy (non-hydrogen) atoms. The normalized spacial score (nSPS) is 17.8. The summed E-state index contributed by atoms with van der Waals surface area (Å²) in [4.78, 5) is 53.5. The van der Waals surface area contributed by atoms with Gasteiger partial charge in [-0.15, -0.1) is 0 Å². The van der Waals surface area contributed by atoms with Crippen LogP contribution in [0, 0.1) is 11.8 Å². The van der Waals surface area contributed by atoms with Crippen molar-refractivity contribution >= 4 is 29.8 Å². The lowest BCUT2D eigenvalue weighted by molar-refractivity contribution is -0.148. The number of esters is 1. The van der Waals surface area contributed by atoms with E-state index in [0.717, 1.165) is 5.56 Å². The fraction of sp³-hybridized carbons (Fsp3) is 0.517. The molecule has 0 radical (unpaired) electrons. The van der Waals surface area contributed by atoms with Gasteiger partial charge in [0, 0.05) is 12.6 Å². The Hall–Kier alpha value is -3.42. The molecule has 1 saturated heterocycles. The van der Waals surface area contributed by atoms with Gasteiger partial charge in [0.2, 0.25) is 17.7 Å². The number of carbonyl (C=O) groups excluding carboxylic acids is 4. The van der Waals surface area contributed by atoms with Crippen LogP contribution >= 0.6 is 0 Å². The molecule has 0 bridgehead atoms. The highest BCUT2D eigenvalue weighted by Crippen LogP contribution is 2.19. The van der Waals surface area contributed by atoms with Crippen LogP contribution < -0.4 is 10.6 Å². The van der Waals surface area contributed by atoms with Crippen LogP contribution in [-0.4, -0.2) is 59.9 Å². The number of nitrogens with one attached hydrogen (secondary N) is 2. The van der Waals surface area contributed by atoms with Crippen molar-refractivity contribution in [3.05, 3.63) is 54.6 Å². The summed E-state index contributed by atoms with van der Waals surface area (Å²) in [6.45, 7) is 11.8. The van der Waals surface area contributed by atoms with Crippen LogP contribution in [0.4, 0.5) is 0 Å². The molecule has 0 aliphatic carbocycles. The van der Waals surface area contributed by atoms with Gasteiger partial charge in [-0.05, 0) is 42.7 Å². The fourth-order valence-electron chi connectivity index (χ4n) is 4.26. The summed E-state index contributed by atoms with van der Waals surface area (Å²) in [5.74, 6) is -1.63. The van der Waals surface area contributed by atoms with E-state index in [0.29, 0.717) is 32.2 Å². The quantitative estimate of drug-likeness (QED) is 0.240. The minimum Gasteiger partial charge on any atom is -0.460 e. The average Bonchev–Trinajstić information content (AvgIpc) is 3.38. The molecule has 3 amide bonds. The van der Waals surface area contributed by atoms with Crippen molar-refractivity contribution < 1.29 is 23.9 Å². The van der Waals surface area contributed by atoms with E-state index in [1.807, 2.05) is 58.0 Å². The van der Waals surface area contributed by atoms with Gasteiger partial charge >= 0.3 is 5.97 Å². The second-order valence-electron chi connectivity index (χ2n) is 9.91. The van der Waals surface area contributed by atoms with Crippen LogP contribution in [0.2, 0.25) is 0 Å². The lowest BCUT2D eigenvalue weighted by Crippen LogP contribution is -2.56. The van der Waals surface area contributed by atoms with E-state index in [-0.39, 0.29) is 30.3 Å². The predicted molar refractivity (Wildman–Crippen MR) is 144 cm³/mol. The average molecular weight is 512 g/mol. The molecule has 8 heteroatoms. The van der Waals surface area contributed by atoms with Crippen molar-refractivity contribution in [2.45, 2.75) is 71.5 Å². The van der Waals surface area contributed by atoms with Crippen LogP contribution in [-0.2, 0) is 23.9 Å². The van der Waals surface area contributed by atoms with E-state index < -0.39 is 30.0 Å². The van der Waals surface area contributed by atoms with Crippen LogP contribution in [0.5, 0.6) is 0 Å². The van der Waals surface area contributed by atoms with Crippen LogP contribution in [0.15, 0.2) is 49.1 Å². The molecule has 4 atom stereocenters. The van der Waals surface area contributed by atoms with E-state index in [2.05, 4.69) is 17.2 Å². The third-order valence-corrected chi connectivity index (χ3v) is 6.50. The summed E-state index contributed by atoms with van der Waals surface area (Å²) in [5, 5.41) is 5.65. The van der Waals surface area contributed by atoms with Gasteiger partial charge in [0.25, 0.3) is 0 Å². The monoisotopic (exact) mass is 511 g/mol. The zero-order valence-electron chi connectivity index (χ0n) is 22.4. The molecule has 1 aliphatic rings. The van der Waals surface area contributed by atoms with Gasteiger partial charge in [-0.25, -0.2) is 4.79 Å². The van der Waals surface area contributed by atoms with Crippen molar-refractivity contribution in [1.82, 2.24) is 15.5 Å². The molecule has 1 fully saturated rings. The van der Waals surface area contributed by atoms with Gasteiger partial charge in [0.1, 0.15) is 24.7 Å². The molecule has 202 valence electrons. The highest BCUT2D eigenvalue weighted by atomic mass is 16.5. The number of rotatable bonds is 13. The first-order valence-electron chi connectivity index (χ1n) is 13.1. The summed E-state index contributed by atoms with van der Waals surface area (Å²) in [6, 6.07) is 7.14. The van der Waals surface area contributed by atoms with Gasteiger partial charge in [-0.2, -0.15) is 0 Å². The zero-order valence-corrected chi connectivity index (χ0v) is 22.4. The summed E-state index contributed by atoms with van der Waals surface area (Å²) in [6.07, 6.45) is 6.95. The Bertz CT molecular complexity index is 960. The maximum absolute atomic E-state index is 13.3. The SMILES string of the molecule is C=CCOC(=O)[C@@H](NC(=O)[C@H](CC(C)C)NC(=O)[C@@H]1CCCN1C(=O)/C=C/c1ccccc1)[C@@H](C)CC. The number of hydrogen-bond acceptors (Lipinski definition) is 5. The smallest absolute Gasteiger partial charge is 0.329 e. The Balaban J connectivity index is 2.11. The Morgan fingerprint density at radius 1 is 1.14 bits per heavy atom. The summed E-state index contributed by atoms with van der Waals surface area (Å²) < 4.78 is 5.19. The predicted octanol–water partition coefficient (Wildman–Crippen LogP) is 3.48. The van der Waals surface area contributed by atoms with E-state index >= 15 is 0 Å². The number of likely N-dealkylation sites (tertiary alicyclic amines) is 1. The first-order chi connectivity index (χ1) is 17.7. The molecule has 0 aromatic heterocycles. The minimum atomic E-state index is -0.844. The van der Waals surface area contributed by atoms with Gasteiger partial charge in [0.05, 0.1) is 0 Å². The van der Waals surface area contributed by atoms with Gasteiger partial charge < -0.3 is 20.3 Å². The molecule has 0 saturated carbocycles. The van der Waals surface area contributed by atoms with Crippen LogP contribution in [0.1, 0.15) is 58.9 Å². The topological polar surface area (TPSA) is 105 Å². The number of benzene rings is 1. The van der Waals surface area contributed by atoms with Crippen LogP contribution in [0.25, 0.3) is 6.08 Å². The first-order valence-corrected chi connectivity index (χ1v) is 13.1. The van der Waals surface area contributed by atoms with Gasteiger partial charge in [-0.1, -0.05) is 77.1 Å². The number of nitrogens with zero attached hydrogens (tertiary/aromatic N) is 1. The van der Waals surface area contributed by atoms with Crippen molar-refractivity contribution in [1.29, 1.82) is 0 Å². The standard InChI is InChI=1S/C29H41N3O5/c1-6-18-37-29(36)26(21(5)7-2)31-27(34)23(19-20(3)4)30-28(35)24-14-11-17-32(24)25(33)16-15-22-12-9-8-10-13-22/h6,8-10,12-13,15-16,20-21,23-24,26H,1,7,11,14,17-19H2,2-5H3,(H,30,35)(H,31,34)/b16-15+/t21-,23-,24-,26-/m0/s1. The molecule has 8 nitrogen and oxygen atoms in total. The van der Waals surface area contributed by atoms with Gasteiger partial charge in [0.15, 0.2) is 0 Å². The van der Waals surface area contributed by atoms with E-state index in [4.69, 9.17) is 4.74 Å². The molecular weight excluding hydrogens is 470 g/mol. The Labute approximate surface area is 220 Å². The molecule has 1 aromatic rings. The third-order valence-electron chi connectivity index (χ3n) is 6.50. The summed E-state index contributed by atoms with van der Waals surface area (Å²) in [7, 11) is 0. The second-order valence-corrected chi connectivity index (χ2v) is 9.91. The largest absolute Gasteiger partial charge is 0.460 e. The number of amides is 3. The maximum Gasteiger partial charge on any atom is 0.329 e. The van der Waals surface area contributed by atoms with Gasteiger partial charge in [-0.3, -0.25) is 14.4 Å². The molecule has 0 unspecified atom stereocenters.